The van der Waals surface area contributed by atoms with E-state index in [9.17, 15) is 0 Å². The van der Waals surface area contributed by atoms with Crippen molar-refractivity contribution >= 4 is 28.5 Å². The molecule has 0 fully saturated rings. The summed E-state index contributed by atoms with van der Waals surface area (Å²) in [4.78, 5) is 0. The third-order valence-corrected chi connectivity index (χ3v) is 2.07. The second kappa shape index (κ2) is 3.65. The molecule has 0 amide bonds. The second-order valence-electron chi connectivity index (χ2n) is 1.69. The van der Waals surface area contributed by atoms with Gasteiger partial charge < -0.3 is 0 Å². The van der Waals surface area contributed by atoms with Crippen molar-refractivity contribution in [2.75, 3.05) is 0 Å². The van der Waals surface area contributed by atoms with E-state index in [0.29, 0.717) is 0 Å². The summed E-state index contributed by atoms with van der Waals surface area (Å²) in [6.07, 6.45) is 3.81. The molecular formula is C6H8N2S2+3. The Labute approximate surface area is 69.2 Å². The first kappa shape index (κ1) is 7.65. The molecular weight excluding hydrogens is 164 g/mol. The minimum absolute atomic E-state index is 0.764. The fraction of sp³-hybridized carbons (Fsp3) is 0. The molecule has 0 saturated heterocycles. The van der Waals surface area contributed by atoms with E-state index in [1.54, 1.807) is 0 Å². The van der Waals surface area contributed by atoms with Crippen LogP contribution in [0.2, 0.25) is 0 Å². The van der Waals surface area contributed by atoms with Gasteiger partial charge in [-0.05, 0) is 0 Å². The van der Waals surface area contributed by atoms with E-state index in [-0.39, 0.29) is 0 Å². The molecule has 0 aromatic carbocycles. The standard InChI is InChI=1S/C6H7N2S2/c7-10-6(9)8-4-2-1-3-5-8/h1-5H,7H2/q+2/p+1. The lowest BCUT2D eigenvalue weighted by molar-refractivity contribution is -0.547. The monoisotopic (exact) mass is 172 g/mol. The molecule has 0 spiro atoms. The van der Waals surface area contributed by atoms with Gasteiger partial charge in [-0.15, -0.1) is 4.57 Å². The van der Waals surface area contributed by atoms with Crippen molar-refractivity contribution in [3.8, 4) is 0 Å². The minimum Gasteiger partial charge on any atom is -0.281 e. The molecule has 0 saturated carbocycles. The van der Waals surface area contributed by atoms with Crippen molar-refractivity contribution < 1.29 is 9.71 Å². The Bertz CT molecular complexity index is 222. The number of nitrogens with zero attached hydrogens (tertiary/aromatic N) is 1. The number of hydrogen-bond acceptors (Lipinski definition) is 2. The van der Waals surface area contributed by atoms with E-state index in [4.69, 9.17) is 12.2 Å². The van der Waals surface area contributed by atoms with Gasteiger partial charge in [0.1, 0.15) is 0 Å². The van der Waals surface area contributed by atoms with E-state index >= 15 is 0 Å². The summed E-state index contributed by atoms with van der Waals surface area (Å²) in [6.45, 7) is 0. The maximum absolute atomic E-state index is 4.99. The topological polar surface area (TPSA) is 31.5 Å². The Kier molecular flexibility index (Phi) is 2.80. The van der Waals surface area contributed by atoms with Crippen LogP contribution in [-0.2, 0) is 12.2 Å². The average Bonchev–Trinajstić information content (AvgIpc) is 2.05. The highest BCUT2D eigenvalue weighted by Gasteiger charge is 2.23. The fourth-order valence-electron chi connectivity index (χ4n) is 0.595. The van der Waals surface area contributed by atoms with Gasteiger partial charge in [-0.1, -0.05) is 6.07 Å². The van der Waals surface area contributed by atoms with Gasteiger partial charge in [-0.25, -0.2) is 0 Å². The molecule has 1 heterocycles. The minimum atomic E-state index is 0.764. The van der Waals surface area contributed by atoms with Crippen molar-refractivity contribution in [3.63, 3.8) is 0 Å². The first-order chi connectivity index (χ1) is 4.84. The van der Waals surface area contributed by atoms with Gasteiger partial charge in [0, 0.05) is 12.1 Å². The van der Waals surface area contributed by atoms with E-state index in [1.807, 2.05) is 35.2 Å². The van der Waals surface area contributed by atoms with E-state index in [2.05, 4.69) is 5.14 Å². The summed E-state index contributed by atoms with van der Waals surface area (Å²) < 4.78 is 2.62. The van der Waals surface area contributed by atoms with E-state index in [0.717, 1.165) is 4.32 Å². The Hall–Kier alpha value is -0.450. The maximum Gasteiger partial charge on any atom is 0.632 e. The SMILES string of the molecule is [NH3+]SC(=[S+])[n+]1ccccc1. The normalized spacial score (nSPS) is 9.30. The van der Waals surface area contributed by atoms with Gasteiger partial charge in [0.05, 0.1) is 0 Å². The second-order valence-corrected chi connectivity index (χ2v) is 3.01. The maximum atomic E-state index is 4.99. The molecule has 4 heteroatoms. The van der Waals surface area contributed by atoms with Crippen molar-refractivity contribution in [2.45, 2.75) is 0 Å². The smallest absolute Gasteiger partial charge is 0.281 e. The van der Waals surface area contributed by atoms with Crippen LogP contribution in [0.3, 0.4) is 0 Å². The Morgan fingerprint density at radius 2 is 1.90 bits per heavy atom. The number of thiocarbonyl (C=S) groups is 1. The summed E-state index contributed by atoms with van der Waals surface area (Å²) in [6, 6.07) is 5.82. The molecule has 1 rings (SSSR count). The molecule has 1 aromatic heterocycles. The molecule has 0 atom stereocenters. The highest BCUT2D eigenvalue weighted by Crippen LogP contribution is 1.82. The highest BCUT2D eigenvalue weighted by molar-refractivity contribution is 8.14. The highest BCUT2D eigenvalue weighted by atomic mass is 32.2. The van der Waals surface area contributed by atoms with E-state index in [1.165, 1.54) is 11.9 Å². The summed E-state index contributed by atoms with van der Waals surface area (Å²) in [7, 11) is 0. The van der Waals surface area contributed by atoms with Gasteiger partial charge in [0.2, 0.25) is 0 Å². The van der Waals surface area contributed by atoms with Gasteiger partial charge in [0.25, 0.3) is 11.9 Å². The van der Waals surface area contributed by atoms with Crippen LogP contribution in [-0.4, -0.2) is 4.32 Å². The van der Waals surface area contributed by atoms with Crippen LogP contribution in [0.25, 0.3) is 0 Å². The fourth-order valence-corrected chi connectivity index (χ4v) is 0.987. The first-order valence-electron chi connectivity index (χ1n) is 2.77. The predicted octanol–water partition coefficient (Wildman–Crippen LogP) is -0.653. The molecule has 2 nitrogen and oxygen atoms in total. The zero-order valence-electron chi connectivity index (χ0n) is 5.36. The zero-order chi connectivity index (χ0) is 7.40. The lowest BCUT2D eigenvalue weighted by Crippen LogP contribution is -2.49. The number of aromatic nitrogens is 1. The molecule has 0 aliphatic carbocycles. The van der Waals surface area contributed by atoms with Crippen molar-refractivity contribution in [1.82, 2.24) is 0 Å². The summed E-state index contributed by atoms with van der Waals surface area (Å²) >= 11 is 6.31. The first-order valence-corrected chi connectivity index (χ1v) is 4.16. The molecule has 0 unspecified atom stereocenters. The summed E-state index contributed by atoms with van der Waals surface area (Å²) in [5, 5.41) is 3.62. The van der Waals surface area contributed by atoms with Crippen LogP contribution in [0.15, 0.2) is 30.6 Å². The quantitative estimate of drug-likeness (QED) is 0.244. The van der Waals surface area contributed by atoms with Crippen LogP contribution >= 0.6 is 11.9 Å². The summed E-state index contributed by atoms with van der Waals surface area (Å²) in [5.74, 6) is 0. The van der Waals surface area contributed by atoms with Gasteiger partial charge in [-0.2, -0.15) is 0 Å². The zero-order valence-corrected chi connectivity index (χ0v) is 6.99. The molecule has 10 heavy (non-hydrogen) atoms. The third-order valence-electron chi connectivity index (χ3n) is 1.05. The van der Waals surface area contributed by atoms with Crippen molar-refractivity contribution in [2.24, 2.45) is 0 Å². The predicted molar refractivity (Wildman–Crippen MR) is 44.9 cm³/mol. The van der Waals surface area contributed by atoms with Gasteiger partial charge in [-0.3, -0.25) is 5.14 Å². The molecule has 3 N–H and O–H groups in total. The molecule has 51 valence electrons. The number of pyridine rings is 1. The van der Waals surface area contributed by atoms with Crippen LogP contribution in [0, 0.1) is 0 Å². The molecule has 0 bridgehead atoms. The molecule has 1 radical (unpaired) electrons. The third kappa shape index (κ3) is 1.76. The van der Waals surface area contributed by atoms with Crippen LogP contribution in [0.4, 0.5) is 0 Å². The van der Waals surface area contributed by atoms with E-state index < -0.39 is 0 Å². The van der Waals surface area contributed by atoms with Gasteiger partial charge >= 0.3 is 16.5 Å². The largest absolute Gasteiger partial charge is 0.632 e. The summed E-state index contributed by atoms with van der Waals surface area (Å²) in [5.41, 5.74) is 0. The number of quaternary nitrogens is 1. The molecule has 0 aliphatic rings. The number of hydrogen-bond donors (Lipinski definition) is 1. The lowest BCUT2D eigenvalue weighted by Gasteiger charge is -1.79. The van der Waals surface area contributed by atoms with Gasteiger partial charge in [0.15, 0.2) is 12.4 Å². The van der Waals surface area contributed by atoms with Crippen LogP contribution in [0.5, 0.6) is 0 Å². The van der Waals surface area contributed by atoms with Crippen molar-refractivity contribution in [3.05, 3.63) is 30.6 Å². The van der Waals surface area contributed by atoms with Crippen LogP contribution < -0.4 is 9.71 Å². The number of rotatable bonds is 0. The Morgan fingerprint density at radius 3 is 2.40 bits per heavy atom. The average molecular weight is 172 g/mol. The lowest BCUT2D eigenvalue weighted by atomic mass is 10.5. The van der Waals surface area contributed by atoms with Crippen molar-refractivity contribution in [1.29, 1.82) is 0 Å². The Balaban J connectivity index is 2.85. The Morgan fingerprint density at radius 1 is 1.30 bits per heavy atom. The molecule has 0 aliphatic heterocycles. The molecule has 1 aromatic rings. The van der Waals surface area contributed by atoms with Crippen LogP contribution in [0.1, 0.15) is 0 Å².